The molecule has 28 heavy (non-hydrogen) atoms. The molecule has 1 aliphatic rings. The molecule has 1 saturated heterocycles. The molecule has 0 spiro atoms. The molecule has 1 fully saturated rings. The van der Waals surface area contributed by atoms with Gasteiger partial charge in [-0.05, 0) is 42.5 Å². The van der Waals surface area contributed by atoms with Gasteiger partial charge in [-0.2, -0.15) is 0 Å². The minimum atomic E-state index is -0.143. The van der Waals surface area contributed by atoms with E-state index >= 15 is 0 Å². The van der Waals surface area contributed by atoms with Crippen LogP contribution in [-0.2, 0) is 17.8 Å². The highest BCUT2D eigenvalue weighted by atomic mass is 16.2. The number of hydrogen-bond donors (Lipinski definition) is 1. The van der Waals surface area contributed by atoms with Gasteiger partial charge in [-0.15, -0.1) is 0 Å². The zero-order valence-corrected chi connectivity index (χ0v) is 16.7. The lowest BCUT2D eigenvalue weighted by Crippen LogP contribution is -2.47. The zero-order chi connectivity index (χ0) is 19.9. The number of carbonyl (C=O) groups excluding carboxylic acids is 2. The maximum Gasteiger partial charge on any atom is 0.321 e. The third kappa shape index (κ3) is 5.12. The molecule has 5 nitrogen and oxygen atoms in total. The van der Waals surface area contributed by atoms with Gasteiger partial charge in [-0.3, -0.25) is 4.79 Å². The number of nitrogens with one attached hydrogen (secondary N) is 1. The van der Waals surface area contributed by atoms with Gasteiger partial charge >= 0.3 is 6.03 Å². The molecule has 1 unspecified atom stereocenters. The highest BCUT2D eigenvalue weighted by Gasteiger charge is 2.30. The molecule has 1 atom stereocenters. The number of likely N-dealkylation sites (tertiary alicyclic amines) is 1. The van der Waals surface area contributed by atoms with E-state index in [1.807, 2.05) is 37.4 Å². The number of rotatable bonds is 5. The highest BCUT2D eigenvalue weighted by Crippen LogP contribution is 2.20. The van der Waals surface area contributed by atoms with Crippen LogP contribution in [0.4, 0.5) is 10.5 Å². The molecule has 2 aromatic rings. The molecular weight excluding hydrogens is 350 g/mol. The number of anilines is 1. The van der Waals surface area contributed by atoms with Crippen LogP contribution >= 0.6 is 0 Å². The molecular formula is C23H29N3O2. The number of hydrogen-bond acceptors (Lipinski definition) is 2. The van der Waals surface area contributed by atoms with Crippen molar-refractivity contribution < 1.29 is 9.59 Å². The Bertz CT molecular complexity index is 789. The first kappa shape index (κ1) is 19.9. The van der Waals surface area contributed by atoms with Gasteiger partial charge in [-0.25, -0.2) is 4.79 Å². The van der Waals surface area contributed by atoms with E-state index in [1.165, 1.54) is 5.56 Å². The summed E-state index contributed by atoms with van der Waals surface area (Å²) in [5.41, 5.74) is 3.20. The van der Waals surface area contributed by atoms with E-state index in [0.717, 1.165) is 30.5 Å². The topological polar surface area (TPSA) is 52.7 Å². The molecule has 0 aromatic heterocycles. The fourth-order valence-electron chi connectivity index (χ4n) is 3.63. The van der Waals surface area contributed by atoms with E-state index in [0.29, 0.717) is 19.6 Å². The molecule has 3 amide bonds. The van der Waals surface area contributed by atoms with Gasteiger partial charge in [0.25, 0.3) is 0 Å². The van der Waals surface area contributed by atoms with Crippen LogP contribution in [0.25, 0.3) is 0 Å². The Hall–Kier alpha value is -2.82. The summed E-state index contributed by atoms with van der Waals surface area (Å²) in [7, 11) is 1.85. The van der Waals surface area contributed by atoms with Crippen molar-refractivity contribution in [1.29, 1.82) is 0 Å². The van der Waals surface area contributed by atoms with E-state index < -0.39 is 0 Å². The van der Waals surface area contributed by atoms with Crippen molar-refractivity contribution in [1.82, 2.24) is 9.80 Å². The average Bonchev–Trinajstić information content (AvgIpc) is 2.74. The molecule has 5 heteroatoms. The summed E-state index contributed by atoms with van der Waals surface area (Å²) >= 11 is 0. The summed E-state index contributed by atoms with van der Waals surface area (Å²) in [4.78, 5) is 29.0. The number of nitrogens with zero attached hydrogens (tertiary/aromatic N) is 2. The Morgan fingerprint density at radius 2 is 1.75 bits per heavy atom. The Kier molecular flexibility index (Phi) is 6.69. The molecule has 0 saturated carbocycles. The summed E-state index contributed by atoms with van der Waals surface area (Å²) in [5.74, 6) is -0.0352. The van der Waals surface area contributed by atoms with Crippen molar-refractivity contribution in [2.24, 2.45) is 5.92 Å². The normalized spacial score (nSPS) is 16.5. The summed E-state index contributed by atoms with van der Waals surface area (Å²) in [6.07, 6.45) is 2.68. The van der Waals surface area contributed by atoms with Crippen LogP contribution in [0.3, 0.4) is 0 Å². The number of urea groups is 1. The molecule has 0 bridgehead atoms. The maximum absolute atomic E-state index is 12.9. The van der Waals surface area contributed by atoms with Gasteiger partial charge in [0.15, 0.2) is 0 Å². The van der Waals surface area contributed by atoms with Crippen molar-refractivity contribution in [2.75, 3.05) is 25.5 Å². The minimum Gasteiger partial charge on any atom is -0.341 e. The van der Waals surface area contributed by atoms with Crippen molar-refractivity contribution in [3.05, 3.63) is 65.7 Å². The van der Waals surface area contributed by atoms with E-state index in [1.54, 1.807) is 9.80 Å². The second-order valence-electron chi connectivity index (χ2n) is 7.45. The summed E-state index contributed by atoms with van der Waals surface area (Å²) in [5, 5.41) is 2.91. The molecule has 2 aromatic carbocycles. The molecule has 1 heterocycles. The van der Waals surface area contributed by atoms with Gasteiger partial charge in [0.2, 0.25) is 5.91 Å². The molecule has 0 aliphatic carbocycles. The van der Waals surface area contributed by atoms with E-state index in [4.69, 9.17) is 0 Å². The van der Waals surface area contributed by atoms with E-state index in [2.05, 4.69) is 36.5 Å². The molecule has 3 rings (SSSR count). The Balaban J connectivity index is 1.56. The van der Waals surface area contributed by atoms with Crippen LogP contribution in [0.2, 0.25) is 0 Å². The average molecular weight is 380 g/mol. The lowest BCUT2D eigenvalue weighted by atomic mass is 9.96. The molecule has 1 aliphatic heterocycles. The van der Waals surface area contributed by atoms with Crippen LogP contribution in [0.15, 0.2) is 54.6 Å². The lowest BCUT2D eigenvalue weighted by molar-refractivity contribution is -0.136. The monoisotopic (exact) mass is 379 g/mol. The summed E-state index contributed by atoms with van der Waals surface area (Å²) in [6, 6.07) is 17.7. The molecule has 1 N–H and O–H groups in total. The van der Waals surface area contributed by atoms with Crippen molar-refractivity contribution >= 4 is 17.6 Å². The first-order valence-electron chi connectivity index (χ1n) is 10.0. The zero-order valence-electron chi connectivity index (χ0n) is 16.7. The largest absolute Gasteiger partial charge is 0.341 e. The van der Waals surface area contributed by atoms with Gasteiger partial charge in [0.1, 0.15) is 0 Å². The van der Waals surface area contributed by atoms with Gasteiger partial charge < -0.3 is 15.1 Å². The second kappa shape index (κ2) is 9.40. The summed E-state index contributed by atoms with van der Waals surface area (Å²) < 4.78 is 0. The first-order valence-corrected chi connectivity index (χ1v) is 10.0. The molecule has 0 radical (unpaired) electrons. The van der Waals surface area contributed by atoms with Crippen molar-refractivity contribution in [3.8, 4) is 0 Å². The fourth-order valence-corrected chi connectivity index (χ4v) is 3.63. The number of piperidine rings is 1. The standard InChI is InChI=1S/C23H29N3O2/c1-3-18-11-13-19(14-12-18)16-25(2)22(27)20-8-7-15-26(17-20)23(28)24-21-9-5-4-6-10-21/h4-6,9-14,20H,3,7-8,15-17H2,1-2H3,(H,24,28). The third-order valence-electron chi connectivity index (χ3n) is 5.31. The highest BCUT2D eigenvalue weighted by molar-refractivity contribution is 5.90. The number of aryl methyl sites for hydroxylation is 1. The number of carbonyl (C=O) groups is 2. The van der Waals surface area contributed by atoms with Crippen molar-refractivity contribution in [2.45, 2.75) is 32.7 Å². The van der Waals surface area contributed by atoms with Gasteiger partial charge in [0, 0.05) is 32.4 Å². The fraction of sp³-hybridized carbons (Fsp3) is 0.391. The quantitative estimate of drug-likeness (QED) is 0.848. The Labute approximate surface area is 167 Å². The van der Waals surface area contributed by atoms with E-state index in [-0.39, 0.29) is 17.9 Å². The maximum atomic E-state index is 12.9. The smallest absolute Gasteiger partial charge is 0.321 e. The summed E-state index contributed by atoms with van der Waals surface area (Å²) in [6.45, 7) is 3.88. The first-order chi connectivity index (χ1) is 13.6. The van der Waals surface area contributed by atoms with Crippen LogP contribution in [0.5, 0.6) is 0 Å². The third-order valence-corrected chi connectivity index (χ3v) is 5.31. The minimum absolute atomic E-state index is 0.108. The SMILES string of the molecule is CCc1ccc(CN(C)C(=O)C2CCCN(C(=O)Nc3ccccc3)C2)cc1. The van der Waals surface area contributed by atoms with Crippen LogP contribution in [0.1, 0.15) is 30.9 Å². The number of benzene rings is 2. The van der Waals surface area contributed by atoms with Gasteiger partial charge in [-0.1, -0.05) is 49.4 Å². The van der Waals surface area contributed by atoms with Crippen LogP contribution in [-0.4, -0.2) is 41.9 Å². The number of para-hydroxylation sites is 1. The van der Waals surface area contributed by atoms with Crippen LogP contribution in [0, 0.1) is 5.92 Å². The Morgan fingerprint density at radius 1 is 1.07 bits per heavy atom. The van der Waals surface area contributed by atoms with Crippen molar-refractivity contribution in [3.63, 3.8) is 0 Å². The van der Waals surface area contributed by atoms with Gasteiger partial charge in [0.05, 0.1) is 5.92 Å². The second-order valence-corrected chi connectivity index (χ2v) is 7.45. The van der Waals surface area contributed by atoms with E-state index in [9.17, 15) is 9.59 Å². The number of amides is 3. The predicted octanol–water partition coefficient (Wildman–Crippen LogP) is 4.15. The lowest BCUT2D eigenvalue weighted by Gasteiger charge is -2.34. The Morgan fingerprint density at radius 3 is 2.43 bits per heavy atom. The predicted molar refractivity (Wildman–Crippen MR) is 112 cm³/mol. The molecule has 148 valence electrons. The van der Waals surface area contributed by atoms with Crippen LogP contribution < -0.4 is 5.32 Å².